The van der Waals surface area contributed by atoms with E-state index in [1.165, 1.54) is 6.42 Å². The van der Waals surface area contributed by atoms with Crippen LogP contribution in [0.2, 0.25) is 0 Å². The van der Waals surface area contributed by atoms with Crippen LogP contribution in [-0.4, -0.2) is 20.1 Å². The number of rotatable bonds is 3. The smallest absolute Gasteiger partial charge is 0.108 e. The third-order valence-corrected chi connectivity index (χ3v) is 3.21. The monoisotopic (exact) mass is 209 g/mol. The number of hydrogen-bond acceptors (Lipinski definition) is 3. The highest BCUT2D eigenvalue weighted by Gasteiger charge is 2.34. The van der Waals surface area contributed by atoms with E-state index in [0.717, 1.165) is 44.3 Å². The summed E-state index contributed by atoms with van der Waals surface area (Å²) in [5.41, 5.74) is 0.237. The molecule has 1 aromatic rings. The van der Waals surface area contributed by atoms with Gasteiger partial charge in [0.25, 0.3) is 0 Å². The van der Waals surface area contributed by atoms with E-state index >= 15 is 0 Å². The van der Waals surface area contributed by atoms with Crippen molar-refractivity contribution in [2.45, 2.75) is 57.6 Å². The van der Waals surface area contributed by atoms with Crippen LogP contribution in [0.5, 0.6) is 0 Å². The summed E-state index contributed by atoms with van der Waals surface area (Å²) in [7, 11) is 0. The second kappa shape index (κ2) is 4.31. The molecule has 4 heteroatoms. The van der Waals surface area contributed by atoms with E-state index < -0.39 is 5.60 Å². The van der Waals surface area contributed by atoms with Gasteiger partial charge in [-0.25, -0.2) is 4.68 Å². The molecule has 0 amide bonds. The molecule has 15 heavy (non-hydrogen) atoms. The summed E-state index contributed by atoms with van der Waals surface area (Å²) in [6.45, 7) is 2.95. The Bertz CT molecular complexity index is 315. The summed E-state index contributed by atoms with van der Waals surface area (Å²) in [5, 5.41) is 18.5. The number of hydrogen-bond donors (Lipinski definition) is 1. The van der Waals surface area contributed by atoms with E-state index in [-0.39, 0.29) is 0 Å². The predicted octanol–water partition coefficient (Wildman–Crippen LogP) is 1.84. The summed E-state index contributed by atoms with van der Waals surface area (Å²) in [5.74, 6) is 0. The summed E-state index contributed by atoms with van der Waals surface area (Å²) in [6.07, 6.45) is 7.89. The van der Waals surface area contributed by atoms with Crippen LogP contribution < -0.4 is 0 Å². The van der Waals surface area contributed by atoms with Gasteiger partial charge < -0.3 is 5.11 Å². The van der Waals surface area contributed by atoms with Crippen LogP contribution in [0, 0.1) is 0 Å². The number of aryl methyl sites for hydroxylation is 1. The fourth-order valence-electron chi connectivity index (χ4n) is 2.39. The normalized spacial score (nSPS) is 20.4. The molecule has 0 saturated heterocycles. The minimum absolute atomic E-state index is 0.670. The molecule has 1 aliphatic rings. The van der Waals surface area contributed by atoms with Crippen molar-refractivity contribution in [3.05, 3.63) is 11.9 Å². The molecule has 1 fully saturated rings. The first kappa shape index (κ1) is 10.6. The van der Waals surface area contributed by atoms with Crippen LogP contribution in [0.4, 0.5) is 0 Å². The molecule has 2 rings (SSSR count). The molecule has 0 aliphatic heterocycles. The van der Waals surface area contributed by atoms with Crippen LogP contribution in [-0.2, 0) is 12.1 Å². The number of nitrogens with zero attached hydrogens (tertiary/aromatic N) is 3. The van der Waals surface area contributed by atoms with Gasteiger partial charge in [-0.15, -0.1) is 5.10 Å². The van der Waals surface area contributed by atoms with Gasteiger partial charge in [0.1, 0.15) is 5.60 Å². The fraction of sp³-hybridized carbons (Fsp3) is 0.818. The van der Waals surface area contributed by atoms with Gasteiger partial charge in [0.05, 0.1) is 11.9 Å². The summed E-state index contributed by atoms with van der Waals surface area (Å²) in [4.78, 5) is 0. The maximum atomic E-state index is 10.5. The molecule has 0 atom stereocenters. The summed E-state index contributed by atoms with van der Waals surface area (Å²) >= 11 is 0. The lowest BCUT2D eigenvalue weighted by Gasteiger charge is -2.31. The Hall–Kier alpha value is -0.900. The van der Waals surface area contributed by atoms with E-state index in [1.54, 1.807) is 6.20 Å². The lowest BCUT2D eigenvalue weighted by Crippen LogP contribution is -2.31. The Morgan fingerprint density at radius 1 is 1.40 bits per heavy atom. The molecule has 0 aromatic carbocycles. The Morgan fingerprint density at radius 2 is 2.13 bits per heavy atom. The zero-order valence-corrected chi connectivity index (χ0v) is 9.32. The zero-order valence-electron chi connectivity index (χ0n) is 9.32. The van der Waals surface area contributed by atoms with Crippen LogP contribution >= 0.6 is 0 Å². The topological polar surface area (TPSA) is 50.9 Å². The second-order valence-corrected chi connectivity index (χ2v) is 4.43. The van der Waals surface area contributed by atoms with Crippen molar-refractivity contribution in [3.63, 3.8) is 0 Å². The van der Waals surface area contributed by atoms with Crippen molar-refractivity contribution in [3.8, 4) is 0 Å². The average molecular weight is 209 g/mol. The lowest BCUT2D eigenvalue weighted by atomic mass is 9.82. The minimum Gasteiger partial charge on any atom is -0.384 e. The standard InChI is InChI=1S/C11H19N3O/c1-2-8-14-10(9-12-13-14)11(15)6-4-3-5-7-11/h9,15H,2-8H2,1H3. The first-order valence-electron chi connectivity index (χ1n) is 5.87. The Balaban J connectivity index is 2.22. The number of aliphatic hydroxyl groups is 1. The van der Waals surface area contributed by atoms with E-state index in [4.69, 9.17) is 0 Å². The van der Waals surface area contributed by atoms with Crippen molar-refractivity contribution in [1.29, 1.82) is 0 Å². The average Bonchev–Trinajstić information content (AvgIpc) is 2.68. The van der Waals surface area contributed by atoms with Crippen molar-refractivity contribution >= 4 is 0 Å². The van der Waals surface area contributed by atoms with Gasteiger partial charge >= 0.3 is 0 Å². The lowest BCUT2D eigenvalue weighted by molar-refractivity contribution is -0.00884. The highest BCUT2D eigenvalue weighted by molar-refractivity contribution is 5.09. The first-order chi connectivity index (χ1) is 7.26. The molecule has 1 aliphatic carbocycles. The van der Waals surface area contributed by atoms with Crippen LogP contribution in [0.25, 0.3) is 0 Å². The molecular formula is C11H19N3O. The second-order valence-electron chi connectivity index (χ2n) is 4.43. The number of aromatic nitrogens is 3. The molecule has 0 unspecified atom stereocenters. The van der Waals surface area contributed by atoms with Gasteiger partial charge in [-0.3, -0.25) is 0 Å². The molecule has 0 radical (unpaired) electrons. The van der Waals surface area contributed by atoms with Gasteiger partial charge in [-0.2, -0.15) is 0 Å². The third kappa shape index (κ3) is 2.04. The molecule has 4 nitrogen and oxygen atoms in total. The molecular weight excluding hydrogens is 190 g/mol. The highest BCUT2D eigenvalue weighted by atomic mass is 16.3. The van der Waals surface area contributed by atoms with Crippen molar-refractivity contribution in [1.82, 2.24) is 15.0 Å². The van der Waals surface area contributed by atoms with E-state index in [1.807, 2.05) is 4.68 Å². The third-order valence-electron chi connectivity index (χ3n) is 3.21. The molecule has 1 N–H and O–H groups in total. The molecule has 1 saturated carbocycles. The van der Waals surface area contributed by atoms with Crippen LogP contribution in [0.15, 0.2) is 6.20 Å². The molecule has 1 aromatic heterocycles. The largest absolute Gasteiger partial charge is 0.384 e. The molecule has 0 bridgehead atoms. The van der Waals surface area contributed by atoms with Gasteiger partial charge in [0, 0.05) is 6.54 Å². The highest BCUT2D eigenvalue weighted by Crippen LogP contribution is 2.36. The first-order valence-corrected chi connectivity index (χ1v) is 5.87. The Kier molecular flexibility index (Phi) is 3.05. The predicted molar refractivity (Wildman–Crippen MR) is 57.3 cm³/mol. The van der Waals surface area contributed by atoms with E-state index in [0.29, 0.717) is 0 Å². The summed E-state index contributed by atoms with van der Waals surface area (Å²) in [6, 6.07) is 0. The molecule has 1 heterocycles. The summed E-state index contributed by atoms with van der Waals surface area (Å²) < 4.78 is 1.85. The Labute approximate surface area is 90.3 Å². The van der Waals surface area contributed by atoms with E-state index in [9.17, 15) is 5.11 Å². The maximum absolute atomic E-state index is 10.5. The SMILES string of the molecule is CCCn1nncc1C1(O)CCCCC1. The molecule has 84 valence electrons. The zero-order chi connectivity index (χ0) is 10.7. The minimum atomic E-state index is -0.670. The van der Waals surface area contributed by atoms with E-state index in [2.05, 4.69) is 17.2 Å². The van der Waals surface area contributed by atoms with Crippen molar-refractivity contribution in [2.24, 2.45) is 0 Å². The maximum Gasteiger partial charge on any atom is 0.108 e. The quantitative estimate of drug-likeness (QED) is 0.826. The fourth-order valence-corrected chi connectivity index (χ4v) is 2.39. The van der Waals surface area contributed by atoms with Gasteiger partial charge in [0.2, 0.25) is 0 Å². The van der Waals surface area contributed by atoms with Gasteiger partial charge in [0.15, 0.2) is 0 Å². The van der Waals surface area contributed by atoms with Crippen LogP contribution in [0.3, 0.4) is 0 Å². The van der Waals surface area contributed by atoms with Gasteiger partial charge in [-0.1, -0.05) is 31.4 Å². The van der Waals surface area contributed by atoms with Gasteiger partial charge in [-0.05, 0) is 19.3 Å². The molecule has 0 spiro atoms. The van der Waals surface area contributed by atoms with Crippen molar-refractivity contribution in [2.75, 3.05) is 0 Å². The van der Waals surface area contributed by atoms with Crippen molar-refractivity contribution < 1.29 is 5.11 Å². The Morgan fingerprint density at radius 3 is 2.80 bits per heavy atom. The van der Waals surface area contributed by atoms with Crippen LogP contribution in [0.1, 0.15) is 51.1 Å².